The van der Waals surface area contributed by atoms with Crippen LogP contribution in [-0.4, -0.2) is 33.2 Å². The van der Waals surface area contributed by atoms with E-state index in [4.69, 9.17) is 0 Å². The van der Waals surface area contributed by atoms with E-state index in [1.54, 1.807) is 0 Å². The molecule has 0 spiro atoms. The SMILES string of the molecule is Cc1nn(-c2ccccc2)c(C)c1NC(=O)C(C)N1CCc2ccccc2C1. The van der Waals surface area contributed by atoms with Crippen LogP contribution in [0.2, 0.25) is 0 Å². The summed E-state index contributed by atoms with van der Waals surface area (Å²) in [6.45, 7) is 7.61. The third kappa shape index (κ3) is 3.45. The summed E-state index contributed by atoms with van der Waals surface area (Å²) in [7, 11) is 0. The molecule has 1 aromatic heterocycles. The van der Waals surface area contributed by atoms with Gasteiger partial charge in [-0.25, -0.2) is 4.68 Å². The first kappa shape index (κ1) is 18.4. The van der Waals surface area contributed by atoms with Crippen molar-refractivity contribution in [3.63, 3.8) is 0 Å². The van der Waals surface area contributed by atoms with Crippen LogP contribution in [0.25, 0.3) is 5.69 Å². The molecular formula is C23H26N4O. The number of hydrogen-bond acceptors (Lipinski definition) is 3. The number of nitrogens with one attached hydrogen (secondary N) is 1. The maximum Gasteiger partial charge on any atom is 0.241 e. The first-order chi connectivity index (χ1) is 13.5. The van der Waals surface area contributed by atoms with Gasteiger partial charge in [-0.1, -0.05) is 42.5 Å². The van der Waals surface area contributed by atoms with Gasteiger partial charge in [0.05, 0.1) is 28.8 Å². The first-order valence-corrected chi connectivity index (χ1v) is 9.78. The summed E-state index contributed by atoms with van der Waals surface area (Å²) in [5.41, 5.74) is 6.27. The third-order valence-corrected chi connectivity index (χ3v) is 5.63. The Labute approximate surface area is 166 Å². The monoisotopic (exact) mass is 374 g/mol. The number of aromatic nitrogens is 2. The number of para-hydroxylation sites is 1. The summed E-state index contributed by atoms with van der Waals surface area (Å²) >= 11 is 0. The van der Waals surface area contributed by atoms with E-state index in [-0.39, 0.29) is 11.9 Å². The van der Waals surface area contributed by atoms with E-state index in [2.05, 4.69) is 39.6 Å². The Morgan fingerprint density at radius 2 is 1.71 bits per heavy atom. The molecule has 0 aliphatic carbocycles. The molecule has 2 aromatic carbocycles. The van der Waals surface area contributed by atoms with Gasteiger partial charge < -0.3 is 5.32 Å². The number of carbonyl (C=O) groups is 1. The molecule has 1 aliphatic rings. The number of hydrogen-bond donors (Lipinski definition) is 1. The Morgan fingerprint density at radius 3 is 2.46 bits per heavy atom. The topological polar surface area (TPSA) is 50.2 Å². The summed E-state index contributed by atoms with van der Waals surface area (Å²) < 4.78 is 1.88. The summed E-state index contributed by atoms with van der Waals surface area (Å²) in [4.78, 5) is 15.2. The molecule has 0 radical (unpaired) electrons. The molecule has 0 fully saturated rings. The minimum atomic E-state index is -0.202. The van der Waals surface area contributed by atoms with E-state index in [1.807, 2.05) is 55.8 Å². The van der Waals surface area contributed by atoms with Crippen LogP contribution < -0.4 is 5.32 Å². The number of fused-ring (bicyclic) bond motifs is 1. The zero-order chi connectivity index (χ0) is 19.7. The predicted octanol–water partition coefficient (Wildman–Crippen LogP) is 3.87. The molecule has 28 heavy (non-hydrogen) atoms. The Bertz CT molecular complexity index is 993. The fourth-order valence-corrected chi connectivity index (χ4v) is 3.89. The van der Waals surface area contributed by atoms with Crippen LogP contribution in [0.3, 0.4) is 0 Å². The van der Waals surface area contributed by atoms with Crippen LogP contribution in [0.15, 0.2) is 54.6 Å². The van der Waals surface area contributed by atoms with Crippen molar-refractivity contribution in [3.8, 4) is 5.69 Å². The Balaban J connectivity index is 1.50. The zero-order valence-corrected chi connectivity index (χ0v) is 16.6. The van der Waals surface area contributed by atoms with Crippen LogP contribution in [-0.2, 0) is 17.8 Å². The van der Waals surface area contributed by atoms with E-state index >= 15 is 0 Å². The van der Waals surface area contributed by atoms with Crippen LogP contribution in [0.1, 0.15) is 29.4 Å². The van der Waals surface area contributed by atoms with Gasteiger partial charge in [0.25, 0.3) is 0 Å². The number of benzene rings is 2. The number of anilines is 1. The molecule has 3 aromatic rings. The maximum absolute atomic E-state index is 13.0. The van der Waals surface area contributed by atoms with Crippen LogP contribution in [0.4, 0.5) is 5.69 Å². The van der Waals surface area contributed by atoms with Gasteiger partial charge in [-0.2, -0.15) is 5.10 Å². The third-order valence-electron chi connectivity index (χ3n) is 5.63. The second-order valence-electron chi connectivity index (χ2n) is 7.45. The number of rotatable bonds is 4. The minimum absolute atomic E-state index is 0.0122. The molecule has 1 aliphatic heterocycles. The highest BCUT2D eigenvalue weighted by molar-refractivity contribution is 5.95. The van der Waals surface area contributed by atoms with E-state index in [0.29, 0.717) is 0 Å². The van der Waals surface area contributed by atoms with Crippen molar-refractivity contribution in [2.45, 2.75) is 39.8 Å². The molecule has 4 rings (SSSR count). The Hall–Kier alpha value is -2.92. The van der Waals surface area contributed by atoms with E-state index < -0.39 is 0 Å². The lowest BCUT2D eigenvalue weighted by atomic mass is 9.99. The number of carbonyl (C=O) groups excluding carboxylic acids is 1. The van der Waals surface area contributed by atoms with Gasteiger partial charge in [-0.15, -0.1) is 0 Å². The Morgan fingerprint density at radius 1 is 1.04 bits per heavy atom. The van der Waals surface area contributed by atoms with Gasteiger partial charge in [0, 0.05) is 13.1 Å². The molecule has 1 unspecified atom stereocenters. The lowest BCUT2D eigenvalue weighted by Gasteiger charge is -2.32. The lowest BCUT2D eigenvalue weighted by Crippen LogP contribution is -2.44. The van der Waals surface area contributed by atoms with Crippen molar-refractivity contribution in [1.29, 1.82) is 0 Å². The normalized spacial score (nSPS) is 15.1. The summed E-state index contributed by atoms with van der Waals surface area (Å²) in [5.74, 6) is 0.0122. The molecule has 144 valence electrons. The molecule has 0 saturated carbocycles. The highest BCUT2D eigenvalue weighted by Crippen LogP contribution is 2.24. The van der Waals surface area contributed by atoms with Crippen LogP contribution in [0.5, 0.6) is 0 Å². The molecule has 1 amide bonds. The largest absolute Gasteiger partial charge is 0.322 e. The summed E-state index contributed by atoms with van der Waals surface area (Å²) in [6, 6.07) is 18.3. The maximum atomic E-state index is 13.0. The van der Waals surface area contributed by atoms with Gasteiger partial charge in [0.2, 0.25) is 5.91 Å². The van der Waals surface area contributed by atoms with Crippen LogP contribution in [0, 0.1) is 13.8 Å². The standard InChI is InChI=1S/C23H26N4O/c1-16-22(17(2)27(25-16)21-11-5-4-6-12-21)24-23(28)18(3)26-14-13-19-9-7-8-10-20(19)15-26/h4-12,18H,13-15H2,1-3H3,(H,24,28). The number of amides is 1. The average Bonchev–Trinajstić information content (AvgIpc) is 3.01. The zero-order valence-electron chi connectivity index (χ0n) is 16.6. The molecule has 5 nitrogen and oxygen atoms in total. The van der Waals surface area contributed by atoms with Gasteiger partial charge in [0.15, 0.2) is 0 Å². The van der Waals surface area contributed by atoms with Crippen molar-refractivity contribution >= 4 is 11.6 Å². The molecule has 1 atom stereocenters. The highest BCUT2D eigenvalue weighted by Gasteiger charge is 2.26. The fraction of sp³-hybridized carbons (Fsp3) is 0.304. The van der Waals surface area contributed by atoms with Gasteiger partial charge >= 0.3 is 0 Å². The van der Waals surface area contributed by atoms with Crippen LogP contribution >= 0.6 is 0 Å². The molecular weight excluding hydrogens is 348 g/mol. The fourth-order valence-electron chi connectivity index (χ4n) is 3.89. The number of aryl methyl sites for hydroxylation is 1. The lowest BCUT2D eigenvalue weighted by molar-refractivity contribution is -0.121. The molecule has 0 bridgehead atoms. The van der Waals surface area contributed by atoms with Crippen molar-refractivity contribution < 1.29 is 4.79 Å². The van der Waals surface area contributed by atoms with Gasteiger partial charge in [-0.3, -0.25) is 9.69 Å². The van der Waals surface area contributed by atoms with Gasteiger partial charge in [0.1, 0.15) is 0 Å². The number of nitrogens with zero attached hydrogens (tertiary/aromatic N) is 3. The molecule has 0 saturated heterocycles. The Kier molecular flexibility index (Phi) is 5.01. The summed E-state index contributed by atoms with van der Waals surface area (Å²) in [6.07, 6.45) is 0.984. The predicted molar refractivity (Wildman–Crippen MR) is 112 cm³/mol. The van der Waals surface area contributed by atoms with E-state index in [9.17, 15) is 4.79 Å². The quantitative estimate of drug-likeness (QED) is 0.754. The second-order valence-corrected chi connectivity index (χ2v) is 7.45. The van der Waals surface area contributed by atoms with Crippen molar-refractivity contribution in [2.24, 2.45) is 0 Å². The van der Waals surface area contributed by atoms with Crippen molar-refractivity contribution in [3.05, 3.63) is 77.1 Å². The minimum Gasteiger partial charge on any atom is -0.322 e. The van der Waals surface area contributed by atoms with Gasteiger partial charge in [-0.05, 0) is 50.5 Å². The summed E-state index contributed by atoms with van der Waals surface area (Å²) in [5, 5.41) is 7.75. The average molecular weight is 374 g/mol. The van der Waals surface area contributed by atoms with E-state index in [1.165, 1.54) is 11.1 Å². The van der Waals surface area contributed by atoms with E-state index in [0.717, 1.165) is 42.3 Å². The second kappa shape index (κ2) is 7.60. The smallest absolute Gasteiger partial charge is 0.241 e. The molecule has 5 heteroatoms. The first-order valence-electron chi connectivity index (χ1n) is 9.78. The highest BCUT2D eigenvalue weighted by atomic mass is 16.2. The molecule has 2 heterocycles. The molecule has 1 N–H and O–H groups in total. The van der Waals surface area contributed by atoms with Crippen molar-refractivity contribution in [2.75, 3.05) is 11.9 Å². The van der Waals surface area contributed by atoms with Crippen molar-refractivity contribution in [1.82, 2.24) is 14.7 Å².